The molecule has 12 heavy (non-hydrogen) atoms. The maximum atomic E-state index is 5.38. The van der Waals surface area contributed by atoms with E-state index in [0.29, 0.717) is 0 Å². The van der Waals surface area contributed by atoms with E-state index in [1.165, 1.54) is 16.6 Å². The van der Waals surface area contributed by atoms with E-state index in [1.807, 2.05) is 24.3 Å². The van der Waals surface area contributed by atoms with Gasteiger partial charge in [-0.15, -0.1) is 11.3 Å². The van der Waals surface area contributed by atoms with Gasteiger partial charge in [0.2, 0.25) is 0 Å². The number of hydrogen-bond acceptors (Lipinski definition) is 4. The van der Waals surface area contributed by atoms with E-state index in [0.717, 1.165) is 9.86 Å². The molecule has 0 atom stereocenters. The molecule has 2 N–H and O–H groups in total. The summed E-state index contributed by atoms with van der Waals surface area (Å²) in [6.45, 7) is 0. The molecule has 0 fully saturated rings. The molecular formula is C7H6N2S3. The number of para-hydroxylation sites is 1. The Hall–Kier alpha value is -0.230. The van der Waals surface area contributed by atoms with Crippen LogP contribution in [0.15, 0.2) is 28.6 Å². The number of fused-ring (bicyclic) bond motifs is 1. The van der Waals surface area contributed by atoms with Crippen molar-refractivity contribution in [3.05, 3.63) is 24.3 Å². The zero-order valence-electron chi connectivity index (χ0n) is 6.06. The van der Waals surface area contributed by atoms with Crippen LogP contribution in [-0.2, 0) is 0 Å². The Balaban J connectivity index is 0.000000720. The Morgan fingerprint density at radius 1 is 1.33 bits per heavy atom. The third-order valence-corrected chi connectivity index (χ3v) is 3.04. The van der Waals surface area contributed by atoms with Gasteiger partial charge in [-0.25, -0.2) is 4.98 Å². The first kappa shape index (κ1) is 9.85. The third kappa shape index (κ3) is 1.74. The molecule has 1 aromatic heterocycles. The highest BCUT2D eigenvalue weighted by Crippen LogP contribution is 2.25. The van der Waals surface area contributed by atoms with E-state index in [1.54, 1.807) is 11.3 Å². The lowest BCUT2D eigenvalue weighted by Gasteiger charge is -1.80. The summed E-state index contributed by atoms with van der Waals surface area (Å²) in [6, 6.07) is 8.02. The molecule has 0 bridgehead atoms. The van der Waals surface area contributed by atoms with E-state index in [4.69, 9.17) is 5.14 Å². The topological polar surface area (TPSA) is 38.9 Å². The molecule has 62 valence electrons. The molecule has 5 heteroatoms. The predicted octanol–water partition coefficient (Wildman–Crippen LogP) is 2.91. The number of rotatable bonds is 1. The highest BCUT2D eigenvalue weighted by atomic mass is 32.2. The molecule has 0 amide bonds. The minimum atomic E-state index is 0. The lowest BCUT2D eigenvalue weighted by molar-refractivity contribution is 1.30. The van der Waals surface area contributed by atoms with Crippen molar-refractivity contribution in [3.8, 4) is 0 Å². The summed E-state index contributed by atoms with van der Waals surface area (Å²) in [5, 5.41) is 5.38. The SMILES string of the molecule is NSc1nc2ccccc2s1.[S]. The number of aromatic nitrogens is 1. The van der Waals surface area contributed by atoms with Crippen LogP contribution in [0, 0.1) is 0 Å². The quantitative estimate of drug-likeness (QED) is 0.742. The van der Waals surface area contributed by atoms with Crippen LogP contribution in [0.3, 0.4) is 0 Å². The van der Waals surface area contributed by atoms with E-state index in [-0.39, 0.29) is 13.5 Å². The van der Waals surface area contributed by atoms with Crippen LogP contribution in [0.25, 0.3) is 10.2 Å². The van der Waals surface area contributed by atoms with E-state index < -0.39 is 0 Å². The molecule has 0 aliphatic rings. The molecule has 0 aliphatic carbocycles. The van der Waals surface area contributed by atoms with Gasteiger partial charge in [0.15, 0.2) is 4.34 Å². The van der Waals surface area contributed by atoms with Gasteiger partial charge in [-0.05, 0) is 24.1 Å². The lowest BCUT2D eigenvalue weighted by Crippen LogP contribution is -1.75. The minimum absolute atomic E-state index is 0. The highest BCUT2D eigenvalue weighted by molar-refractivity contribution is 7.99. The molecule has 0 spiro atoms. The molecule has 2 aromatic rings. The van der Waals surface area contributed by atoms with Gasteiger partial charge in [0.25, 0.3) is 0 Å². The number of hydrogen-bond donors (Lipinski definition) is 1. The molecule has 1 aromatic carbocycles. The van der Waals surface area contributed by atoms with Crippen molar-refractivity contribution >= 4 is 47.0 Å². The molecule has 2 radical (unpaired) electrons. The largest absolute Gasteiger partial charge is 0.272 e. The fraction of sp³-hybridized carbons (Fsp3) is 0. The van der Waals surface area contributed by atoms with Gasteiger partial charge in [-0.3, -0.25) is 5.14 Å². The Morgan fingerprint density at radius 3 is 2.75 bits per heavy atom. The maximum Gasteiger partial charge on any atom is 0.165 e. The number of benzene rings is 1. The fourth-order valence-corrected chi connectivity index (χ4v) is 2.21. The maximum absolute atomic E-state index is 5.38. The smallest absolute Gasteiger partial charge is 0.165 e. The Morgan fingerprint density at radius 2 is 2.08 bits per heavy atom. The van der Waals surface area contributed by atoms with Crippen molar-refractivity contribution < 1.29 is 0 Å². The monoisotopic (exact) mass is 214 g/mol. The van der Waals surface area contributed by atoms with Gasteiger partial charge >= 0.3 is 0 Å². The molecule has 0 saturated heterocycles. The third-order valence-electron chi connectivity index (χ3n) is 1.38. The molecule has 0 saturated carbocycles. The second-order valence-electron chi connectivity index (χ2n) is 2.07. The Bertz CT molecular complexity index is 338. The van der Waals surface area contributed by atoms with Crippen LogP contribution < -0.4 is 5.14 Å². The normalized spacial score (nSPS) is 9.75. The molecule has 1 heterocycles. The Labute approximate surface area is 85.8 Å². The molecular weight excluding hydrogens is 208 g/mol. The Kier molecular flexibility index (Phi) is 3.39. The zero-order valence-corrected chi connectivity index (χ0v) is 8.51. The first-order valence-corrected chi connectivity index (χ1v) is 4.82. The summed E-state index contributed by atoms with van der Waals surface area (Å²) in [4.78, 5) is 4.29. The van der Waals surface area contributed by atoms with Crippen LogP contribution in [0.1, 0.15) is 0 Å². The van der Waals surface area contributed by atoms with Crippen molar-refractivity contribution in [2.45, 2.75) is 4.34 Å². The van der Waals surface area contributed by atoms with E-state index >= 15 is 0 Å². The summed E-state index contributed by atoms with van der Waals surface area (Å²) in [5.41, 5.74) is 1.03. The molecule has 0 aliphatic heterocycles. The summed E-state index contributed by atoms with van der Waals surface area (Å²) >= 11 is 2.83. The van der Waals surface area contributed by atoms with Crippen LogP contribution in [0.4, 0.5) is 0 Å². The van der Waals surface area contributed by atoms with Crippen molar-refractivity contribution in [3.63, 3.8) is 0 Å². The fourth-order valence-electron chi connectivity index (χ4n) is 0.901. The van der Waals surface area contributed by atoms with Crippen molar-refractivity contribution in [2.75, 3.05) is 0 Å². The standard InChI is InChI=1S/C7H6N2S2.S/c8-11-7-9-5-3-1-2-4-6(5)10-7;/h1-4H,8H2;. The average molecular weight is 214 g/mol. The first-order chi connectivity index (χ1) is 5.40. The van der Waals surface area contributed by atoms with Gasteiger partial charge in [0.05, 0.1) is 10.2 Å². The van der Waals surface area contributed by atoms with Gasteiger partial charge in [-0.2, -0.15) is 0 Å². The van der Waals surface area contributed by atoms with Gasteiger partial charge in [-0.1, -0.05) is 12.1 Å². The number of nitrogens with zero attached hydrogens (tertiary/aromatic N) is 1. The van der Waals surface area contributed by atoms with Gasteiger partial charge in [0, 0.05) is 13.5 Å². The van der Waals surface area contributed by atoms with E-state index in [2.05, 4.69) is 4.98 Å². The highest BCUT2D eigenvalue weighted by Gasteiger charge is 1.99. The minimum Gasteiger partial charge on any atom is -0.272 e. The molecule has 2 nitrogen and oxygen atoms in total. The number of thiazole rings is 1. The molecule has 2 rings (SSSR count). The zero-order chi connectivity index (χ0) is 7.68. The second-order valence-corrected chi connectivity index (χ2v) is 3.98. The summed E-state index contributed by atoms with van der Waals surface area (Å²) in [7, 11) is 0. The predicted molar refractivity (Wildman–Crippen MR) is 57.3 cm³/mol. The van der Waals surface area contributed by atoms with E-state index in [9.17, 15) is 0 Å². The number of nitrogens with two attached hydrogens (primary N) is 1. The second kappa shape index (κ2) is 4.13. The molecule has 0 unspecified atom stereocenters. The van der Waals surface area contributed by atoms with Gasteiger partial charge < -0.3 is 0 Å². The van der Waals surface area contributed by atoms with Crippen molar-refractivity contribution in [1.82, 2.24) is 4.98 Å². The van der Waals surface area contributed by atoms with Crippen LogP contribution >= 0.6 is 36.8 Å². The summed E-state index contributed by atoms with van der Waals surface area (Å²) in [6.07, 6.45) is 0. The summed E-state index contributed by atoms with van der Waals surface area (Å²) < 4.78 is 2.12. The first-order valence-electron chi connectivity index (χ1n) is 3.12. The van der Waals surface area contributed by atoms with Crippen molar-refractivity contribution in [1.29, 1.82) is 0 Å². The average Bonchev–Trinajstić information content (AvgIpc) is 2.46. The van der Waals surface area contributed by atoms with Crippen LogP contribution in [0.2, 0.25) is 0 Å². The van der Waals surface area contributed by atoms with Crippen molar-refractivity contribution in [2.24, 2.45) is 5.14 Å². The van der Waals surface area contributed by atoms with Gasteiger partial charge in [0.1, 0.15) is 0 Å². The van der Waals surface area contributed by atoms with Crippen LogP contribution in [-0.4, -0.2) is 4.98 Å². The van der Waals surface area contributed by atoms with Crippen LogP contribution in [0.5, 0.6) is 0 Å². The summed E-state index contributed by atoms with van der Waals surface area (Å²) in [5.74, 6) is 0. The lowest BCUT2D eigenvalue weighted by atomic mass is 10.3.